The van der Waals surface area contributed by atoms with Crippen LogP contribution in [0, 0.1) is 6.92 Å². The molecule has 2 heterocycles. The average Bonchev–Trinajstić information content (AvgIpc) is 2.61. The molecule has 0 saturated carbocycles. The Morgan fingerprint density at radius 3 is 2.63 bits per heavy atom. The molecule has 1 aliphatic heterocycles. The van der Waals surface area contributed by atoms with E-state index in [1.54, 1.807) is 6.07 Å². The van der Waals surface area contributed by atoms with Crippen LogP contribution in [0.15, 0.2) is 6.07 Å². The number of thiophene rings is 1. The van der Waals surface area contributed by atoms with E-state index in [1.807, 2.05) is 6.92 Å². The molecule has 1 amide bonds. The number of amides is 1. The van der Waals surface area contributed by atoms with Crippen LogP contribution in [0.4, 0.5) is 5.69 Å². The summed E-state index contributed by atoms with van der Waals surface area (Å²) in [4.78, 5) is 16.1. The highest BCUT2D eigenvalue weighted by Crippen LogP contribution is 2.23. The first-order valence-corrected chi connectivity index (χ1v) is 7.85. The first-order valence-electron chi connectivity index (χ1n) is 7.03. The third-order valence-electron chi connectivity index (χ3n) is 3.59. The topological polar surface area (TPSA) is 58.4 Å². The van der Waals surface area contributed by atoms with Gasteiger partial charge in [-0.25, -0.2) is 0 Å². The van der Waals surface area contributed by atoms with Crippen LogP contribution in [0.3, 0.4) is 0 Å². The quantitative estimate of drug-likeness (QED) is 0.890. The molecule has 1 fully saturated rings. The van der Waals surface area contributed by atoms with Crippen LogP contribution in [0.1, 0.15) is 40.2 Å². The van der Waals surface area contributed by atoms with Crippen molar-refractivity contribution in [1.82, 2.24) is 10.2 Å². The number of likely N-dealkylation sites (tertiary alicyclic amines) is 1. The lowest BCUT2D eigenvalue weighted by Gasteiger charge is -2.19. The fourth-order valence-corrected chi connectivity index (χ4v) is 3.24. The predicted octanol–water partition coefficient (Wildman–Crippen LogP) is 2.24. The third kappa shape index (κ3) is 4.21. The number of hydrogen-bond acceptors (Lipinski definition) is 4. The van der Waals surface area contributed by atoms with Crippen LogP contribution in [0.5, 0.6) is 0 Å². The molecule has 1 aromatic heterocycles. The number of nitrogens with one attached hydrogen (secondary N) is 1. The highest BCUT2D eigenvalue weighted by molar-refractivity contribution is 7.14. The van der Waals surface area contributed by atoms with Crippen molar-refractivity contribution < 1.29 is 4.79 Å². The van der Waals surface area contributed by atoms with Gasteiger partial charge in [0.15, 0.2) is 0 Å². The van der Waals surface area contributed by atoms with Crippen molar-refractivity contribution >= 4 is 22.9 Å². The molecular formula is C14H23N3OS. The fourth-order valence-electron chi connectivity index (χ4n) is 2.38. The van der Waals surface area contributed by atoms with Crippen LogP contribution in [0.25, 0.3) is 0 Å². The Balaban J connectivity index is 1.74. The lowest BCUT2D eigenvalue weighted by atomic mass is 10.2. The molecule has 0 atom stereocenters. The standard InChI is InChI=1S/C14H23N3OS/c1-11-12(15)10-13(19-11)14(18)16-6-9-17-7-4-2-3-5-8-17/h10H,2-9,15H2,1H3,(H,16,18). The van der Waals surface area contributed by atoms with Gasteiger partial charge in [0.25, 0.3) is 5.91 Å². The number of carbonyl (C=O) groups is 1. The number of rotatable bonds is 4. The van der Waals surface area contributed by atoms with E-state index in [2.05, 4.69) is 10.2 Å². The number of nitrogen functional groups attached to an aromatic ring is 1. The average molecular weight is 281 g/mol. The van der Waals surface area contributed by atoms with Crippen LogP contribution < -0.4 is 11.1 Å². The van der Waals surface area contributed by atoms with E-state index in [0.29, 0.717) is 10.6 Å². The molecule has 1 aliphatic rings. The summed E-state index contributed by atoms with van der Waals surface area (Å²) in [5.74, 6) is -0.000350. The smallest absolute Gasteiger partial charge is 0.261 e. The van der Waals surface area contributed by atoms with Crippen molar-refractivity contribution in [2.45, 2.75) is 32.6 Å². The number of anilines is 1. The van der Waals surface area contributed by atoms with Crippen molar-refractivity contribution in [2.24, 2.45) is 0 Å². The number of nitrogens with two attached hydrogens (primary N) is 1. The first-order chi connectivity index (χ1) is 9.16. The molecule has 2 rings (SSSR count). The zero-order valence-electron chi connectivity index (χ0n) is 11.6. The van der Waals surface area contributed by atoms with Gasteiger partial charge < -0.3 is 16.0 Å². The van der Waals surface area contributed by atoms with E-state index in [0.717, 1.165) is 18.0 Å². The molecule has 0 aromatic carbocycles. The van der Waals surface area contributed by atoms with Gasteiger partial charge in [-0.05, 0) is 38.9 Å². The van der Waals surface area contributed by atoms with Crippen LogP contribution >= 0.6 is 11.3 Å². The van der Waals surface area contributed by atoms with E-state index in [9.17, 15) is 4.79 Å². The van der Waals surface area contributed by atoms with Gasteiger partial charge in [-0.3, -0.25) is 4.79 Å². The second-order valence-electron chi connectivity index (χ2n) is 5.13. The van der Waals surface area contributed by atoms with Gasteiger partial charge in [-0.15, -0.1) is 11.3 Å². The molecule has 5 heteroatoms. The molecular weight excluding hydrogens is 258 g/mol. The zero-order valence-corrected chi connectivity index (χ0v) is 12.4. The predicted molar refractivity (Wildman–Crippen MR) is 80.7 cm³/mol. The van der Waals surface area contributed by atoms with Crippen molar-refractivity contribution in [3.63, 3.8) is 0 Å². The summed E-state index contributed by atoms with van der Waals surface area (Å²) in [6.07, 6.45) is 5.26. The molecule has 1 saturated heterocycles. The first kappa shape index (κ1) is 14.3. The van der Waals surface area contributed by atoms with Gasteiger partial charge in [0.2, 0.25) is 0 Å². The van der Waals surface area contributed by atoms with Crippen molar-refractivity contribution in [3.05, 3.63) is 15.8 Å². The van der Waals surface area contributed by atoms with Crippen molar-refractivity contribution in [1.29, 1.82) is 0 Å². The van der Waals surface area contributed by atoms with Crippen LogP contribution in [0.2, 0.25) is 0 Å². The Morgan fingerprint density at radius 2 is 2.05 bits per heavy atom. The van der Waals surface area contributed by atoms with Crippen molar-refractivity contribution in [2.75, 3.05) is 31.9 Å². The largest absolute Gasteiger partial charge is 0.398 e. The molecule has 4 nitrogen and oxygen atoms in total. The maximum absolute atomic E-state index is 11.9. The summed E-state index contributed by atoms with van der Waals surface area (Å²) in [5.41, 5.74) is 6.47. The second-order valence-corrected chi connectivity index (χ2v) is 6.39. The normalized spacial score (nSPS) is 17.1. The lowest BCUT2D eigenvalue weighted by Crippen LogP contribution is -2.35. The number of carbonyl (C=O) groups excluding carboxylic acids is 1. The highest BCUT2D eigenvalue weighted by Gasteiger charge is 2.12. The van der Waals surface area contributed by atoms with Gasteiger partial charge in [-0.1, -0.05) is 12.8 Å². The minimum absolute atomic E-state index is 0.000350. The van der Waals surface area contributed by atoms with E-state index in [4.69, 9.17) is 5.73 Å². The molecule has 1 aromatic rings. The Kier molecular flexibility index (Phi) is 5.22. The molecule has 0 bridgehead atoms. The minimum atomic E-state index is -0.000350. The maximum Gasteiger partial charge on any atom is 0.261 e. The molecule has 3 N–H and O–H groups in total. The van der Waals surface area contributed by atoms with Crippen LogP contribution in [-0.4, -0.2) is 37.0 Å². The summed E-state index contributed by atoms with van der Waals surface area (Å²) in [7, 11) is 0. The van der Waals surface area contributed by atoms with E-state index in [1.165, 1.54) is 50.1 Å². The molecule has 0 radical (unpaired) electrons. The molecule has 0 aliphatic carbocycles. The Morgan fingerprint density at radius 1 is 1.37 bits per heavy atom. The molecule has 19 heavy (non-hydrogen) atoms. The number of aryl methyl sites for hydroxylation is 1. The summed E-state index contributed by atoms with van der Waals surface area (Å²) in [5, 5.41) is 2.98. The van der Waals surface area contributed by atoms with Gasteiger partial charge in [0, 0.05) is 23.7 Å². The van der Waals surface area contributed by atoms with Gasteiger partial charge in [0.05, 0.1) is 4.88 Å². The summed E-state index contributed by atoms with van der Waals surface area (Å²) < 4.78 is 0. The van der Waals surface area contributed by atoms with Gasteiger partial charge in [0.1, 0.15) is 0 Å². The summed E-state index contributed by atoms with van der Waals surface area (Å²) >= 11 is 1.46. The Labute approximate surface area is 119 Å². The van der Waals surface area contributed by atoms with Gasteiger partial charge in [-0.2, -0.15) is 0 Å². The van der Waals surface area contributed by atoms with E-state index in [-0.39, 0.29) is 5.91 Å². The second kappa shape index (κ2) is 6.91. The molecule has 0 unspecified atom stereocenters. The summed E-state index contributed by atoms with van der Waals surface area (Å²) in [6, 6.07) is 1.77. The minimum Gasteiger partial charge on any atom is -0.398 e. The fraction of sp³-hybridized carbons (Fsp3) is 0.643. The molecule has 106 valence electrons. The van der Waals surface area contributed by atoms with Crippen molar-refractivity contribution in [3.8, 4) is 0 Å². The lowest BCUT2D eigenvalue weighted by molar-refractivity contribution is 0.0952. The van der Waals surface area contributed by atoms with Crippen LogP contribution in [-0.2, 0) is 0 Å². The SMILES string of the molecule is Cc1sc(C(=O)NCCN2CCCCCC2)cc1N. The Hall–Kier alpha value is -1.07. The van der Waals surface area contributed by atoms with E-state index < -0.39 is 0 Å². The maximum atomic E-state index is 11.9. The number of hydrogen-bond donors (Lipinski definition) is 2. The molecule has 0 spiro atoms. The summed E-state index contributed by atoms with van der Waals surface area (Å²) in [6.45, 7) is 5.94. The number of nitrogens with zero attached hydrogens (tertiary/aromatic N) is 1. The highest BCUT2D eigenvalue weighted by atomic mass is 32.1. The van der Waals surface area contributed by atoms with Gasteiger partial charge >= 0.3 is 0 Å². The zero-order chi connectivity index (χ0) is 13.7. The third-order valence-corrected chi connectivity index (χ3v) is 4.66. The van der Waals surface area contributed by atoms with E-state index >= 15 is 0 Å². The monoisotopic (exact) mass is 281 g/mol. The Bertz CT molecular complexity index is 403.